The number of aryl methyl sites for hydroxylation is 1. The molecule has 0 spiro atoms. The van der Waals surface area contributed by atoms with Crippen molar-refractivity contribution in [3.8, 4) is 23.1 Å². The summed E-state index contributed by atoms with van der Waals surface area (Å²) in [6, 6.07) is 12.2. The molecule has 1 fully saturated rings. The van der Waals surface area contributed by atoms with E-state index in [4.69, 9.17) is 14.2 Å². The van der Waals surface area contributed by atoms with Crippen molar-refractivity contribution >= 4 is 21.8 Å². The maximum atomic E-state index is 6.19. The summed E-state index contributed by atoms with van der Waals surface area (Å²) in [6.07, 6.45) is 5.37. The van der Waals surface area contributed by atoms with Crippen LogP contribution in [0, 0.1) is 6.92 Å². The van der Waals surface area contributed by atoms with E-state index in [0.717, 1.165) is 46.3 Å². The van der Waals surface area contributed by atoms with Crippen LogP contribution in [0.5, 0.6) is 23.1 Å². The molecule has 7 heteroatoms. The van der Waals surface area contributed by atoms with Crippen LogP contribution < -0.4 is 14.2 Å². The van der Waals surface area contributed by atoms with Crippen LogP contribution in [0.3, 0.4) is 0 Å². The van der Waals surface area contributed by atoms with Crippen LogP contribution in [-0.4, -0.2) is 52.7 Å². The lowest BCUT2D eigenvalue weighted by atomic mass is 10.1. The predicted molar refractivity (Wildman–Crippen MR) is 130 cm³/mol. The van der Waals surface area contributed by atoms with E-state index >= 15 is 0 Å². The molecule has 1 saturated heterocycles. The number of fused-ring (bicyclic) bond motifs is 2. The summed E-state index contributed by atoms with van der Waals surface area (Å²) in [5, 5.41) is 1.87. The van der Waals surface area contributed by atoms with Crippen molar-refractivity contribution in [1.82, 2.24) is 19.9 Å². The van der Waals surface area contributed by atoms with E-state index in [2.05, 4.69) is 32.8 Å². The average molecular weight is 447 g/mol. The van der Waals surface area contributed by atoms with Crippen molar-refractivity contribution in [2.24, 2.45) is 0 Å². The standard InChI is InChI=1S/C26H30N4O3/c1-17-11-19-12-20(7-8-22(19)29-17)33-26-21-13-24(31-3)25(14-23(21)27-16-28-26)32-15-18(2)30-9-5-4-6-10-30/h7-8,11-14,16,18,29H,4-6,9-10,15H2,1-3H3. The van der Waals surface area contributed by atoms with Gasteiger partial charge in [0, 0.05) is 28.7 Å². The fourth-order valence-corrected chi connectivity index (χ4v) is 4.50. The molecule has 3 heterocycles. The van der Waals surface area contributed by atoms with Gasteiger partial charge in [0.1, 0.15) is 18.7 Å². The summed E-state index contributed by atoms with van der Waals surface area (Å²) < 4.78 is 18.0. The zero-order valence-corrected chi connectivity index (χ0v) is 19.4. The number of aromatic amines is 1. The SMILES string of the molecule is COc1cc2c(Oc3ccc4[nH]c(C)cc4c3)ncnc2cc1OCC(C)N1CCCCC1. The first-order valence-corrected chi connectivity index (χ1v) is 11.6. The van der Waals surface area contributed by atoms with Gasteiger partial charge < -0.3 is 19.2 Å². The molecule has 172 valence electrons. The summed E-state index contributed by atoms with van der Waals surface area (Å²) in [5.74, 6) is 2.53. The number of nitrogens with one attached hydrogen (secondary N) is 1. The van der Waals surface area contributed by atoms with E-state index in [0.29, 0.717) is 30.0 Å². The predicted octanol–water partition coefficient (Wildman–Crippen LogP) is 5.47. The van der Waals surface area contributed by atoms with Gasteiger partial charge in [0.2, 0.25) is 5.88 Å². The normalized spacial score (nSPS) is 15.6. The van der Waals surface area contributed by atoms with Crippen molar-refractivity contribution in [2.45, 2.75) is 39.2 Å². The van der Waals surface area contributed by atoms with Gasteiger partial charge in [-0.1, -0.05) is 6.42 Å². The lowest BCUT2D eigenvalue weighted by Crippen LogP contribution is -2.40. The molecule has 0 radical (unpaired) electrons. The first-order valence-electron chi connectivity index (χ1n) is 11.6. The van der Waals surface area contributed by atoms with Gasteiger partial charge in [-0.15, -0.1) is 0 Å². The zero-order valence-electron chi connectivity index (χ0n) is 19.4. The van der Waals surface area contributed by atoms with E-state index < -0.39 is 0 Å². The number of likely N-dealkylation sites (tertiary alicyclic amines) is 1. The minimum atomic E-state index is 0.349. The molecular weight excluding hydrogens is 416 g/mol. The van der Waals surface area contributed by atoms with E-state index in [1.165, 1.54) is 25.6 Å². The highest BCUT2D eigenvalue weighted by atomic mass is 16.5. The number of hydrogen-bond donors (Lipinski definition) is 1. The topological polar surface area (TPSA) is 72.5 Å². The fraction of sp³-hybridized carbons (Fsp3) is 0.385. The molecule has 0 amide bonds. The Morgan fingerprint density at radius 1 is 1.03 bits per heavy atom. The van der Waals surface area contributed by atoms with E-state index in [1.807, 2.05) is 37.3 Å². The van der Waals surface area contributed by atoms with Gasteiger partial charge in [0.25, 0.3) is 0 Å². The highest BCUT2D eigenvalue weighted by Crippen LogP contribution is 2.36. The number of aromatic nitrogens is 3. The van der Waals surface area contributed by atoms with Crippen LogP contribution >= 0.6 is 0 Å². The van der Waals surface area contributed by atoms with Crippen LogP contribution in [0.25, 0.3) is 21.8 Å². The highest BCUT2D eigenvalue weighted by Gasteiger charge is 2.19. The van der Waals surface area contributed by atoms with Gasteiger partial charge in [-0.25, -0.2) is 9.97 Å². The fourth-order valence-electron chi connectivity index (χ4n) is 4.50. The van der Waals surface area contributed by atoms with Crippen molar-refractivity contribution in [3.63, 3.8) is 0 Å². The summed E-state index contributed by atoms with van der Waals surface area (Å²) in [4.78, 5) is 14.7. The molecule has 5 rings (SSSR count). The molecule has 33 heavy (non-hydrogen) atoms. The maximum Gasteiger partial charge on any atom is 0.230 e. The average Bonchev–Trinajstić information content (AvgIpc) is 3.22. The molecule has 1 aliphatic heterocycles. The molecule has 1 aliphatic rings. The second-order valence-electron chi connectivity index (χ2n) is 8.76. The number of benzene rings is 2. The molecule has 1 N–H and O–H groups in total. The van der Waals surface area contributed by atoms with Gasteiger partial charge in [0.05, 0.1) is 18.0 Å². The lowest BCUT2D eigenvalue weighted by molar-refractivity contribution is 0.123. The molecule has 1 unspecified atom stereocenters. The van der Waals surface area contributed by atoms with Crippen molar-refractivity contribution in [2.75, 3.05) is 26.8 Å². The third-order valence-electron chi connectivity index (χ3n) is 6.32. The van der Waals surface area contributed by atoms with Crippen LogP contribution in [0.2, 0.25) is 0 Å². The number of hydrogen-bond acceptors (Lipinski definition) is 6. The molecule has 0 aliphatic carbocycles. The van der Waals surface area contributed by atoms with E-state index in [-0.39, 0.29) is 0 Å². The Morgan fingerprint density at radius 3 is 2.70 bits per heavy atom. The van der Waals surface area contributed by atoms with Gasteiger partial charge >= 0.3 is 0 Å². The minimum Gasteiger partial charge on any atom is -0.493 e. The van der Waals surface area contributed by atoms with Gasteiger partial charge in [-0.05, 0) is 70.1 Å². The van der Waals surface area contributed by atoms with Crippen molar-refractivity contribution in [1.29, 1.82) is 0 Å². The molecule has 1 atom stereocenters. The van der Waals surface area contributed by atoms with Crippen LogP contribution in [0.15, 0.2) is 42.7 Å². The summed E-state index contributed by atoms with van der Waals surface area (Å²) in [6.45, 7) is 7.14. The lowest BCUT2D eigenvalue weighted by Gasteiger charge is -2.32. The quantitative estimate of drug-likeness (QED) is 0.406. The first kappa shape index (κ1) is 21.5. The van der Waals surface area contributed by atoms with Gasteiger partial charge in [0.15, 0.2) is 11.5 Å². The molecular formula is C26H30N4O3. The van der Waals surface area contributed by atoms with Crippen LogP contribution in [0.1, 0.15) is 31.9 Å². The maximum absolute atomic E-state index is 6.19. The summed E-state index contributed by atoms with van der Waals surface area (Å²) in [7, 11) is 1.65. The Morgan fingerprint density at radius 2 is 1.88 bits per heavy atom. The summed E-state index contributed by atoms with van der Waals surface area (Å²) >= 11 is 0. The summed E-state index contributed by atoms with van der Waals surface area (Å²) in [5.41, 5.74) is 2.94. The molecule has 2 aromatic heterocycles. The number of H-pyrrole nitrogens is 1. The van der Waals surface area contributed by atoms with Gasteiger partial charge in [-0.3, -0.25) is 4.90 Å². The zero-order chi connectivity index (χ0) is 22.8. The Labute approximate surface area is 193 Å². The third kappa shape index (κ3) is 4.59. The second-order valence-corrected chi connectivity index (χ2v) is 8.76. The van der Waals surface area contributed by atoms with E-state index in [9.17, 15) is 0 Å². The number of methoxy groups -OCH3 is 1. The Balaban J connectivity index is 1.39. The monoisotopic (exact) mass is 446 g/mol. The largest absolute Gasteiger partial charge is 0.493 e. The van der Waals surface area contributed by atoms with Crippen LogP contribution in [-0.2, 0) is 0 Å². The Bertz CT molecular complexity index is 1260. The number of nitrogens with zero attached hydrogens (tertiary/aromatic N) is 3. The molecule has 4 aromatic rings. The molecule has 0 saturated carbocycles. The first-order chi connectivity index (χ1) is 16.1. The number of ether oxygens (including phenoxy) is 3. The van der Waals surface area contributed by atoms with Crippen molar-refractivity contribution < 1.29 is 14.2 Å². The Kier molecular flexibility index (Phi) is 6.05. The Hall–Kier alpha value is -3.32. The molecule has 2 aromatic carbocycles. The highest BCUT2D eigenvalue weighted by molar-refractivity contribution is 5.87. The number of piperidine rings is 1. The van der Waals surface area contributed by atoms with Crippen molar-refractivity contribution in [3.05, 3.63) is 48.4 Å². The smallest absolute Gasteiger partial charge is 0.230 e. The third-order valence-corrected chi connectivity index (χ3v) is 6.32. The van der Waals surface area contributed by atoms with Crippen LogP contribution in [0.4, 0.5) is 0 Å². The molecule has 7 nitrogen and oxygen atoms in total. The minimum absolute atomic E-state index is 0.349. The van der Waals surface area contributed by atoms with Gasteiger partial charge in [-0.2, -0.15) is 0 Å². The number of rotatable bonds is 7. The van der Waals surface area contributed by atoms with E-state index in [1.54, 1.807) is 7.11 Å². The second kappa shape index (κ2) is 9.27. The molecule has 0 bridgehead atoms.